The molecule has 210 valence electrons. The third-order valence-electron chi connectivity index (χ3n) is 6.35. The molecule has 2 unspecified atom stereocenters. The molecule has 14 heteroatoms. The van der Waals surface area contributed by atoms with Crippen LogP contribution in [0.15, 0.2) is 58.3 Å². The van der Waals surface area contributed by atoms with Gasteiger partial charge < -0.3 is 61.0 Å². The molecule has 0 saturated carbocycles. The molecule has 0 aliphatic carbocycles. The Hall–Kier alpha value is -1.66. The van der Waals surface area contributed by atoms with Crippen molar-refractivity contribution in [1.29, 1.82) is 0 Å². The first-order chi connectivity index (χ1) is 18.2. The zero-order chi connectivity index (χ0) is 27.4. The summed E-state index contributed by atoms with van der Waals surface area (Å²) < 4.78 is 10.9. The van der Waals surface area contributed by atoms with Gasteiger partial charge in [-0.2, -0.15) is 0 Å². The Morgan fingerprint density at radius 1 is 0.526 bits per heavy atom. The van der Waals surface area contributed by atoms with E-state index in [9.17, 15) is 40.9 Å². The zero-order valence-electron chi connectivity index (χ0n) is 20.0. The normalized spacial score (nSPS) is 35.6. The van der Waals surface area contributed by atoms with Crippen LogP contribution < -0.4 is 10.6 Å². The summed E-state index contributed by atoms with van der Waals surface area (Å²) in [6.45, 7) is -0.999. The van der Waals surface area contributed by atoms with E-state index in [2.05, 4.69) is 10.6 Å². The van der Waals surface area contributed by atoms with Crippen LogP contribution in [0.5, 0.6) is 0 Å². The predicted octanol–water partition coefficient (Wildman–Crippen LogP) is -1.09. The van der Waals surface area contributed by atoms with Crippen molar-refractivity contribution in [2.24, 2.45) is 0 Å². The Morgan fingerprint density at radius 2 is 0.868 bits per heavy atom. The van der Waals surface area contributed by atoms with Gasteiger partial charge >= 0.3 is 0 Å². The van der Waals surface area contributed by atoms with E-state index in [-0.39, 0.29) is 0 Å². The zero-order valence-corrected chi connectivity index (χ0v) is 21.7. The van der Waals surface area contributed by atoms with Gasteiger partial charge in [-0.05, 0) is 48.5 Å². The number of nitrogens with one attached hydrogen (secondary N) is 2. The number of anilines is 2. The van der Waals surface area contributed by atoms with Crippen LogP contribution in [0.4, 0.5) is 11.4 Å². The van der Waals surface area contributed by atoms with Crippen molar-refractivity contribution in [1.82, 2.24) is 0 Å². The van der Waals surface area contributed by atoms with E-state index in [0.717, 1.165) is 9.79 Å². The summed E-state index contributed by atoms with van der Waals surface area (Å²) in [4.78, 5) is 1.88. The summed E-state index contributed by atoms with van der Waals surface area (Å²) >= 11 is 0. The lowest BCUT2D eigenvalue weighted by Crippen LogP contribution is -2.60. The van der Waals surface area contributed by atoms with E-state index in [4.69, 9.17) is 9.47 Å². The molecule has 0 radical (unpaired) electrons. The van der Waals surface area contributed by atoms with Gasteiger partial charge in [0, 0.05) is 21.2 Å². The van der Waals surface area contributed by atoms with Crippen molar-refractivity contribution >= 4 is 33.0 Å². The Kier molecular flexibility index (Phi) is 10.1. The molecule has 2 aliphatic rings. The van der Waals surface area contributed by atoms with Crippen LogP contribution in [-0.2, 0) is 9.47 Å². The van der Waals surface area contributed by atoms with Gasteiger partial charge in [0.2, 0.25) is 0 Å². The molecule has 0 spiro atoms. The highest BCUT2D eigenvalue weighted by Crippen LogP contribution is 2.38. The lowest BCUT2D eigenvalue weighted by Gasteiger charge is -2.40. The van der Waals surface area contributed by atoms with Crippen molar-refractivity contribution < 1.29 is 50.3 Å². The Bertz CT molecular complexity index is 935. The van der Waals surface area contributed by atoms with E-state index in [1.807, 2.05) is 24.3 Å². The third-order valence-corrected chi connectivity index (χ3v) is 8.76. The molecule has 10 atom stereocenters. The SMILES string of the molecule is OC[C@H]1OC(Nc2ccc(SSc3ccc(NC4O[C@H](CO)[C@@H](O)[C@H](O)[C@H]4O)cc3)cc2)[C@H](O)[C@@H](O)[C@@H]1O. The molecule has 2 saturated heterocycles. The molecule has 2 aliphatic heterocycles. The first-order valence-electron chi connectivity index (χ1n) is 11.9. The standard InChI is InChI=1S/C24H32N2O10S2/c27-9-15-17(29)19(31)21(33)23(35-15)25-11-1-5-13(6-2-11)37-38-14-7-3-12(4-8-14)26-24-22(34)20(32)18(30)16(10-28)36-24/h1-8,15-34H,9-10H2/t15-,16-,17-,18-,19+,20+,21-,22-,23?,24?/m1/s1. The van der Waals surface area contributed by atoms with E-state index in [1.165, 1.54) is 21.6 Å². The van der Waals surface area contributed by atoms with Gasteiger partial charge in [0.1, 0.15) is 48.8 Å². The fraction of sp³-hybridized carbons (Fsp3) is 0.500. The monoisotopic (exact) mass is 572 g/mol. The second kappa shape index (κ2) is 13.1. The van der Waals surface area contributed by atoms with Crippen LogP contribution in [0.1, 0.15) is 0 Å². The second-order valence-electron chi connectivity index (χ2n) is 9.00. The fourth-order valence-electron chi connectivity index (χ4n) is 4.08. The van der Waals surface area contributed by atoms with Gasteiger partial charge in [-0.1, -0.05) is 21.6 Å². The molecule has 10 N–H and O–H groups in total. The molecule has 2 fully saturated rings. The molecule has 2 aromatic carbocycles. The predicted molar refractivity (Wildman–Crippen MR) is 139 cm³/mol. The number of hydrogen-bond donors (Lipinski definition) is 10. The van der Waals surface area contributed by atoms with Crippen LogP contribution in [0.3, 0.4) is 0 Å². The second-order valence-corrected chi connectivity index (χ2v) is 11.3. The van der Waals surface area contributed by atoms with Gasteiger partial charge in [0.05, 0.1) is 13.2 Å². The molecule has 4 rings (SSSR count). The Balaban J connectivity index is 1.28. The maximum absolute atomic E-state index is 10.2. The van der Waals surface area contributed by atoms with Crippen molar-refractivity contribution in [2.75, 3.05) is 23.8 Å². The highest BCUT2D eigenvalue weighted by Gasteiger charge is 2.44. The molecular formula is C24H32N2O10S2. The molecule has 12 nitrogen and oxygen atoms in total. The molecule has 0 aromatic heterocycles. The highest BCUT2D eigenvalue weighted by atomic mass is 33.1. The minimum Gasteiger partial charge on any atom is -0.394 e. The number of hydrogen-bond acceptors (Lipinski definition) is 14. The summed E-state index contributed by atoms with van der Waals surface area (Å²) in [6, 6.07) is 14.5. The summed E-state index contributed by atoms with van der Waals surface area (Å²) in [5.74, 6) is 0. The van der Waals surface area contributed by atoms with Gasteiger partial charge in [-0.15, -0.1) is 0 Å². The smallest absolute Gasteiger partial charge is 0.157 e. The Labute approximate surface area is 226 Å². The molecule has 0 amide bonds. The molecule has 0 bridgehead atoms. The average Bonchev–Trinajstić information content (AvgIpc) is 2.94. The van der Waals surface area contributed by atoms with Crippen molar-refractivity contribution in [3.63, 3.8) is 0 Å². The van der Waals surface area contributed by atoms with Crippen molar-refractivity contribution in [2.45, 2.75) is 71.1 Å². The van der Waals surface area contributed by atoms with Gasteiger partial charge in [-0.25, -0.2) is 0 Å². The summed E-state index contributed by atoms with van der Waals surface area (Å²) in [5.41, 5.74) is 1.24. The number of aliphatic hydroxyl groups is 8. The van der Waals surface area contributed by atoms with Crippen molar-refractivity contribution in [3.05, 3.63) is 48.5 Å². The van der Waals surface area contributed by atoms with Crippen LogP contribution in [-0.4, -0.2) is 115 Å². The van der Waals surface area contributed by atoms with Crippen LogP contribution in [0.25, 0.3) is 0 Å². The third kappa shape index (κ3) is 6.72. The lowest BCUT2D eigenvalue weighted by atomic mass is 9.98. The van der Waals surface area contributed by atoms with Crippen LogP contribution in [0, 0.1) is 0 Å². The number of benzene rings is 2. The first kappa shape index (κ1) is 29.3. The largest absolute Gasteiger partial charge is 0.394 e. The van der Waals surface area contributed by atoms with E-state index < -0.39 is 74.5 Å². The van der Waals surface area contributed by atoms with E-state index in [0.29, 0.717) is 11.4 Å². The van der Waals surface area contributed by atoms with E-state index in [1.54, 1.807) is 24.3 Å². The Morgan fingerprint density at radius 3 is 1.18 bits per heavy atom. The van der Waals surface area contributed by atoms with Crippen molar-refractivity contribution in [3.8, 4) is 0 Å². The molecule has 2 heterocycles. The first-order valence-corrected chi connectivity index (χ1v) is 14.1. The quantitative estimate of drug-likeness (QED) is 0.162. The maximum Gasteiger partial charge on any atom is 0.157 e. The minimum absolute atomic E-state index is 0.499. The number of rotatable bonds is 9. The van der Waals surface area contributed by atoms with E-state index >= 15 is 0 Å². The summed E-state index contributed by atoms with van der Waals surface area (Å²) in [5, 5.41) is 84.6. The topological polar surface area (TPSA) is 204 Å². The molecule has 2 aromatic rings. The van der Waals surface area contributed by atoms with Crippen LogP contribution in [0.2, 0.25) is 0 Å². The lowest BCUT2D eigenvalue weighted by molar-refractivity contribution is -0.221. The van der Waals surface area contributed by atoms with Crippen LogP contribution >= 0.6 is 21.6 Å². The fourth-order valence-corrected chi connectivity index (χ4v) is 6.01. The van der Waals surface area contributed by atoms with Gasteiger partial charge in [0.25, 0.3) is 0 Å². The number of ether oxygens (including phenoxy) is 2. The molecule has 38 heavy (non-hydrogen) atoms. The van der Waals surface area contributed by atoms with Gasteiger partial charge in [-0.3, -0.25) is 0 Å². The number of aliphatic hydroxyl groups excluding tert-OH is 8. The summed E-state index contributed by atoms with van der Waals surface area (Å²) in [7, 11) is 3.02. The maximum atomic E-state index is 10.2. The average molecular weight is 573 g/mol. The summed E-state index contributed by atoms with van der Waals surface area (Å²) in [6.07, 6.45) is -12.5. The van der Waals surface area contributed by atoms with Gasteiger partial charge in [0.15, 0.2) is 12.5 Å². The highest BCUT2D eigenvalue weighted by molar-refractivity contribution is 8.76. The molecular weight excluding hydrogens is 540 g/mol. The minimum atomic E-state index is -1.46.